The molecule has 0 fully saturated rings. The predicted octanol–water partition coefficient (Wildman–Crippen LogP) is 2.73. The fourth-order valence-corrected chi connectivity index (χ4v) is 1.33. The molecule has 0 aliphatic heterocycles. The molecule has 0 atom stereocenters. The molecular formula is C9H5ClFNO. The van der Waals surface area contributed by atoms with Crippen molar-refractivity contribution in [2.45, 2.75) is 0 Å². The molecule has 2 rings (SSSR count). The van der Waals surface area contributed by atoms with Crippen LogP contribution in [-0.4, -0.2) is 10.1 Å². The molecule has 2 aromatic rings. The van der Waals surface area contributed by atoms with Gasteiger partial charge < -0.3 is 5.11 Å². The van der Waals surface area contributed by atoms with Crippen LogP contribution < -0.4 is 0 Å². The van der Waals surface area contributed by atoms with Crippen LogP contribution in [0.1, 0.15) is 0 Å². The Morgan fingerprint density at radius 1 is 1.31 bits per heavy atom. The third-order valence-corrected chi connectivity index (χ3v) is 1.90. The van der Waals surface area contributed by atoms with Crippen LogP contribution in [0.15, 0.2) is 24.3 Å². The Labute approximate surface area is 78.6 Å². The number of phenolic OH excluding ortho intramolecular Hbond substituents is 1. The summed E-state index contributed by atoms with van der Waals surface area (Å²) < 4.78 is 13.2. The standard InChI is InChI=1S/C9H5ClFNO/c10-9-4-7(11)6-3-5(13)1-2-8(6)12-9/h1-4,13H. The van der Waals surface area contributed by atoms with E-state index in [2.05, 4.69) is 4.98 Å². The average molecular weight is 198 g/mol. The minimum absolute atomic E-state index is 0.00974. The fourth-order valence-electron chi connectivity index (χ4n) is 1.14. The first-order chi connectivity index (χ1) is 6.16. The average Bonchev–Trinajstić information content (AvgIpc) is 2.06. The third kappa shape index (κ3) is 1.42. The number of aromatic hydroxyl groups is 1. The van der Waals surface area contributed by atoms with E-state index in [1.807, 2.05) is 0 Å². The van der Waals surface area contributed by atoms with Crippen molar-refractivity contribution in [3.8, 4) is 5.75 Å². The maximum Gasteiger partial charge on any atom is 0.135 e. The summed E-state index contributed by atoms with van der Waals surface area (Å²) in [7, 11) is 0. The van der Waals surface area contributed by atoms with Crippen LogP contribution in [0.3, 0.4) is 0 Å². The normalized spacial score (nSPS) is 10.6. The Morgan fingerprint density at radius 2 is 2.08 bits per heavy atom. The van der Waals surface area contributed by atoms with Gasteiger partial charge >= 0.3 is 0 Å². The minimum atomic E-state index is -0.481. The zero-order valence-electron chi connectivity index (χ0n) is 6.46. The zero-order chi connectivity index (χ0) is 9.42. The molecule has 0 saturated heterocycles. The lowest BCUT2D eigenvalue weighted by Crippen LogP contribution is -1.84. The molecule has 0 aliphatic rings. The second kappa shape index (κ2) is 2.85. The maximum atomic E-state index is 13.2. The SMILES string of the molecule is Oc1ccc2nc(Cl)cc(F)c2c1. The third-order valence-electron chi connectivity index (χ3n) is 1.71. The molecule has 0 spiro atoms. The van der Waals surface area contributed by atoms with Crippen molar-refractivity contribution in [2.75, 3.05) is 0 Å². The maximum absolute atomic E-state index is 13.2. The van der Waals surface area contributed by atoms with Gasteiger partial charge in [-0.15, -0.1) is 0 Å². The molecule has 1 N–H and O–H groups in total. The van der Waals surface area contributed by atoms with Crippen molar-refractivity contribution < 1.29 is 9.50 Å². The number of aromatic nitrogens is 1. The topological polar surface area (TPSA) is 33.1 Å². The van der Waals surface area contributed by atoms with Gasteiger partial charge in [-0.05, 0) is 18.2 Å². The van der Waals surface area contributed by atoms with Crippen molar-refractivity contribution in [3.63, 3.8) is 0 Å². The number of benzene rings is 1. The largest absolute Gasteiger partial charge is 0.508 e. The number of hydrogen-bond acceptors (Lipinski definition) is 2. The molecule has 0 aliphatic carbocycles. The molecule has 0 unspecified atom stereocenters. The van der Waals surface area contributed by atoms with Gasteiger partial charge in [0.2, 0.25) is 0 Å². The van der Waals surface area contributed by atoms with E-state index < -0.39 is 5.82 Å². The second-order valence-corrected chi connectivity index (χ2v) is 3.02. The van der Waals surface area contributed by atoms with Crippen molar-refractivity contribution in [1.29, 1.82) is 0 Å². The number of halogens is 2. The summed E-state index contributed by atoms with van der Waals surface area (Å²) in [6.07, 6.45) is 0. The Morgan fingerprint density at radius 3 is 2.85 bits per heavy atom. The van der Waals surface area contributed by atoms with E-state index in [4.69, 9.17) is 16.7 Å². The van der Waals surface area contributed by atoms with Crippen molar-refractivity contribution >= 4 is 22.5 Å². The number of nitrogens with zero attached hydrogens (tertiary/aromatic N) is 1. The minimum Gasteiger partial charge on any atom is -0.508 e. The summed E-state index contributed by atoms with van der Waals surface area (Å²) in [6.45, 7) is 0. The van der Waals surface area contributed by atoms with Gasteiger partial charge in [0.15, 0.2) is 0 Å². The number of fused-ring (bicyclic) bond motifs is 1. The first kappa shape index (κ1) is 8.26. The zero-order valence-corrected chi connectivity index (χ0v) is 7.22. The Kier molecular flexibility index (Phi) is 1.81. The summed E-state index contributed by atoms with van der Waals surface area (Å²) in [5.41, 5.74) is 0.433. The van der Waals surface area contributed by atoms with E-state index in [9.17, 15) is 4.39 Å². The molecule has 13 heavy (non-hydrogen) atoms. The van der Waals surface area contributed by atoms with Crippen LogP contribution in [0, 0.1) is 5.82 Å². The number of pyridine rings is 1. The van der Waals surface area contributed by atoms with Crippen molar-refractivity contribution in [3.05, 3.63) is 35.2 Å². The van der Waals surface area contributed by atoms with E-state index in [1.54, 1.807) is 0 Å². The van der Waals surface area contributed by atoms with E-state index in [1.165, 1.54) is 18.2 Å². The number of phenols is 1. The van der Waals surface area contributed by atoms with Gasteiger partial charge in [0.1, 0.15) is 16.7 Å². The highest BCUT2D eigenvalue weighted by Gasteiger charge is 2.04. The monoisotopic (exact) mass is 197 g/mol. The van der Waals surface area contributed by atoms with E-state index in [0.717, 1.165) is 6.07 Å². The lowest BCUT2D eigenvalue weighted by atomic mass is 10.2. The van der Waals surface area contributed by atoms with Gasteiger partial charge in [0, 0.05) is 11.5 Å². The van der Waals surface area contributed by atoms with Gasteiger partial charge in [-0.2, -0.15) is 0 Å². The number of hydrogen-bond donors (Lipinski definition) is 1. The highest BCUT2D eigenvalue weighted by atomic mass is 35.5. The molecular weight excluding hydrogens is 193 g/mol. The fraction of sp³-hybridized carbons (Fsp3) is 0. The Balaban J connectivity index is 2.87. The van der Waals surface area contributed by atoms with Crippen LogP contribution >= 0.6 is 11.6 Å². The summed E-state index contributed by atoms with van der Waals surface area (Å²) in [5, 5.41) is 9.47. The molecule has 2 nitrogen and oxygen atoms in total. The molecule has 0 bridgehead atoms. The van der Waals surface area contributed by atoms with E-state index in [0.29, 0.717) is 5.52 Å². The van der Waals surface area contributed by atoms with Crippen LogP contribution in [0.2, 0.25) is 5.15 Å². The van der Waals surface area contributed by atoms with Crippen molar-refractivity contribution in [2.24, 2.45) is 0 Å². The molecule has 1 aromatic carbocycles. The van der Waals surface area contributed by atoms with Crippen LogP contribution in [0.25, 0.3) is 10.9 Å². The number of rotatable bonds is 0. The van der Waals surface area contributed by atoms with Gasteiger partial charge in [-0.25, -0.2) is 9.37 Å². The highest BCUT2D eigenvalue weighted by Crippen LogP contribution is 2.23. The summed E-state index contributed by atoms with van der Waals surface area (Å²) in [6, 6.07) is 5.38. The smallest absolute Gasteiger partial charge is 0.135 e. The van der Waals surface area contributed by atoms with Gasteiger partial charge in [0.25, 0.3) is 0 Å². The van der Waals surface area contributed by atoms with Crippen LogP contribution in [0.4, 0.5) is 4.39 Å². The molecule has 66 valence electrons. The molecule has 0 amide bonds. The first-order valence-corrected chi connectivity index (χ1v) is 3.99. The van der Waals surface area contributed by atoms with E-state index >= 15 is 0 Å². The molecule has 1 heterocycles. The molecule has 0 saturated carbocycles. The molecule has 1 aromatic heterocycles. The van der Waals surface area contributed by atoms with Crippen LogP contribution in [0.5, 0.6) is 5.75 Å². The Hall–Kier alpha value is -1.35. The highest BCUT2D eigenvalue weighted by molar-refractivity contribution is 6.29. The Bertz CT molecular complexity index is 472. The van der Waals surface area contributed by atoms with Gasteiger partial charge in [0.05, 0.1) is 5.52 Å². The summed E-state index contributed by atoms with van der Waals surface area (Å²) >= 11 is 5.55. The van der Waals surface area contributed by atoms with Gasteiger partial charge in [-0.1, -0.05) is 11.6 Å². The van der Waals surface area contributed by atoms with Crippen molar-refractivity contribution in [1.82, 2.24) is 4.98 Å². The van der Waals surface area contributed by atoms with Crippen LogP contribution in [-0.2, 0) is 0 Å². The quantitative estimate of drug-likeness (QED) is 0.659. The van der Waals surface area contributed by atoms with E-state index in [-0.39, 0.29) is 16.3 Å². The predicted molar refractivity (Wildman–Crippen MR) is 48.4 cm³/mol. The first-order valence-electron chi connectivity index (χ1n) is 3.61. The summed E-state index contributed by atoms with van der Waals surface area (Å²) in [4.78, 5) is 3.89. The summed E-state index contributed by atoms with van der Waals surface area (Å²) in [5.74, 6) is -0.471. The van der Waals surface area contributed by atoms with Gasteiger partial charge in [-0.3, -0.25) is 0 Å². The molecule has 0 radical (unpaired) electrons. The lowest BCUT2D eigenvalue weighted by Gasteiger charge is -1.99. The molecule has 4 heteroatoms. The second-order valence-electron chi connectivity index (χ2n) is 2.63. The lowest BCUT2D eigenvalue weighted by molar-refractivity contribution is 0.476.